The van der Waals surface area contributed by atoms with Crippen molar-refractivity contribution in [3.63, 3.8) is 0 Å². The Kier molecular flexibility index (Phi) is 2.57. The highest BCUT2D eigenvalue weighted by Gasteiger charge is 2.07. The molecule has 0 aliphatic carbocycles. The number of thiol groups is 1. The maximum atomic E-state index is 4.22. The minimum atomic E-state index is -0.0389. The van der Waals surface area contributed by atoms with Crippen molar-refractivity contribution in [2.75, 3.05) is 6.54 Å². The fourth-order valence-electron chi connectivity index (χ4n) is 0.743. The third kappa shape index (κ3) is 1.64. The van der Waals surface area contributed by atoms with Crippen molar-refractivity contribution in [2.45, 2.75) is 5.50 Å². The molecule has 54 valence electrons. The average Bonchev–Trinajstić information content (AvgIpc) is 1.94. The van der Waals surface area contributed by atoms with Gasteiger partial charge in [-0.15, -0.1) is 19.2 Å². The highest BCUT2D eigenvalue weighted by molar-refractivity contribution is 7.80. The van der Waals surface area contributed by atoms with Gasteiger partial charge in [-0.3, -0.25) is 4.99 Å². The minimum Gasteiger partial charge on any atom is -0.344 e. The lowest BCUT2D eigenvalue weighted by Gasteiger charge is -2.23. The summed E-state index contributed by atoms with van der Waals surface area (Å²) in [5.41, 5.74) is -0.0389. The first-order valence-electron chi connectivity index (χ1n) is 3.09. The van der Waals surface area contributed by atoms with Gasteiger partial charge < -0.3 is 4.90 Å². The molecule has 1 unspecified atom stereocenters. The van der Waals surface area contributed by atoms with Gasteiger partial charge in [0.1, 0.15) is 0 Å². The second-order valence-electron chi connectivity index (χ2n) is 1.97. The smallest absolute Gasteiger partial charge is 0.165 e. The highest BCUT2D eigenvalue weighted by Crippen LogP contribution is 2.08. The van der Waals surface area contributed by atoms with Crippen molar-refractivity contribution in [1.29, 1.82) is 0 Å². The lowest BCUT2D eigenvalue weighted by atomic mass is 10.5. The molecule has 1 aliphatic rings. The lowest BCUT2D eigenvalue weighted by molar-refractivity contribution is 0.398. The molecule has 0 spiro atoms. The van der Waals surface area contributed by atoms with E-state index in [1.54, 1.807) is 6.21 Å². The van der Waals surface area contributed by atoms with Gasteiger partial charge in [-0.25, -0.2) is 0 Å². The summed E-state index contributed by atoms with van der Waals surface area (Å²) in [5, 5.41) is 0. The molecule has 2 nitrogen and oxygen atoms in total. The average molecular weight is 154 g/mol. The molecule has 0 amide bonds. The largest absolute Gasteiger partial charge is 0.344 e. The molecule has 10 heavy (non-hydrogen) atoms. The Morgan fingerprint density at radius 3 is 3.20 bits per heavy atom. The van der Waals surface area contributed by atoms with E-state index in [9.17, 15) is 0 Å². The van der Waals surface area contributed by atoms with Crippen molar-refractivity contribution in [2.24, 2.45) is 4.99 Å². The van der Waals surface area contributed by atoms with Crippen molar-refractivity contribution >= 4 is 18.8 Å². The molecule has 0 bridgehead atoms. The van der Waals surface area contributed by atoms with E-state index in [2.05, 4.69) is 24.2 Å². The number of allylic oxidation sites excluding steroid dienone is 1. The first kappa shape index (κ1) is 7.41. The molecule has 0 radical (unpaired) electrons. The normalized spacial score (nSPS) is 23.3. The fourth-order valence-corrected chi connectivity index (χ4v) is 0.991. The first-order chi connectivity index (χ1) is 4.84. The molecule has 0 aromatic rings. The van der Waals surface area contributed by atoms with Gasteiger partial charge in [-0.05, 0) is 6.08 Å². The van der Waals surface area contributed by atoms with Crippen LogP contribution in [0.5, 0.6) is 0 Å². The molecular formula is C7H10N2S. The molecule has 0 aromatic carbocycles. The summed E-state index contributed by atoms with van der Waals surface area (Å²) in [7, 11) is 0. The summed E-state index contributed by atoms with van der Waals surface area (Å²) in [6, 6.07) is 0. The van der Waals surface area contributed by atoms with Crippen LogP contribution in [0, 0.1) is 0 Å². The Labute approximate surface area is 66.4 Å². The summed E-state index contributed by atoms with van der Waals surface area (Å²) < 4.78 is 0. The molecule has 3 heteroatoms. The van der Waals surface area contributed by atoms with E-state index in [4.69, 9.17) is 0 Å². The Balaban J connectivity index is 2.52. The molecule has 0 aromatic heterocycles. The number of hydrogen-bond donors (Lipinski definition) is 1. The van der Waals surface area contributed by atoms with Crippen molar-refractivity contribution in [3.05, 3.63) is 24.9 Å². The van der Waals surface area contributed by atoms with E-state index >= 15 is 0 Å². The second-order valence-corrected chi connectivity index (χ2v) is 2.43. The van der Waals surface area contributed by atoms with E-state index in [1.807, 2.05) is 23.3 Å². The quantitative estimate of drug-likeness (QED) is 0.468. The standard InChI is InChI=1S/C7H10N2S/c1-2-5-9-6-3-4-8-7(9)10/h2-4,6-7,10H,1,5H2. The maximum Gasteiger partial charge on any atom is 0.165 e. The number of hydrogen-bond acceptors (Lipinski definition) is 3. The van der Waals surface area contributed by atoms with Gasteiger partial charge in [-0.1, -0.05) is 6.08 Å². The molecule has 0 fully saturated rings. The molecule has 1 aliphatic heterocycles. The van der Waals surface area contributed by atoms with E-state index in [1.165, 1.54) is 0 Å². The monoisotopic (exact) mass is 154 g/mol. The Bertz CT molecular complexity index is 174. The molecule has 0 N–H and O–H groups in total. The second kappa shape index (κ2) is 3.46. The molecule has 0 saturated carbocycles. The summed E-state index contributed by atoms with van der Waals surface area (Å²) in [5.74, 6) is 0. The van der Waals surface area contributed by atoms with Crippen LogP contribution >= 0.6 is 12.6 Å². The molecule has 1 rings (SSSR count). The molecule has 1 heterocycles. The molecular weight excluding hydrogens is 144 g/mol. The van der Waals surface area contributed by atoms with E-state index in [-0.39, 0.29) is 5.50 Å². The topological polar surface area (TPSA) is 15.6 Å². The van der Waals surface area contributed by atoms with Crippen LogP contribution in [0.25, 0.3) is 0 Å². The van der Waals surface area contributed by atoms with Crippen LogP contribution < -0.4 is 0 Å². The van der Waals surface area contributed by atoms with Gasteiger partial charge >= 0.3 is 0 Å². The van der Waals surface area contributed by atoms with Crippen molar-refractivity contribution in [1.82, 2.24) is 4.90 Å². The number of nitrogens with zero attached hydrogens (tertiary/aromatic N) is 2. The molecule has 1 atom stereocenters. The third-order valence-corrected chi connectivity index (χ3v) is 1.65. The first-order valence-corrected chi connectivity index (χ1v) is 3.61. The van der Waals surface area contributed by atoms with Gasteiger partial charge in [0, 0.05) is 19.0 Å². The summed E-state index contributed by atoms with van der Waals surface area (Å²) in [6.07, 6.45) is 7.41. The van der Waals surface area contributed by atoms with Crippen LogP contribution in [0.15, 0.2) is 29.9 Å². The van der Waals surface area contributed by atoms with Crippen LogP contribution in [-0.4, -0.2) is 23.2 Å². The minimum absolute atomic E-state index is 0.0389. The zero-order chi connectivity index (χ0) is 7.40. The van der Waals surface area contributed by atoms with Crippen molar-refractivity contribution in [3.8, 4) is 0 Å². The van der Waals surface area contributed by atoms with E-state index < -0.39 is 0 Å². The summed E-state index contributed by atoms with van der Waals surface area (Å²) in [6.45, 7) is 4.42. The maximum absolute atomic E-state index is 4.22. The van der Waals surface area contributed by atoms with Gasteiger partial charge in [0.25, 0.3) is 0 Å². The van der Waals surface area contributed by atoms with Gasteiger partial charge in [0.15, 0.2) is 5.50 Å². The van der Waals surface area contributed by atoms with Gasteiger partial charge in [0.05, 0.1) is 0 Å². The van der Waals surface area contributed by atoms with Crippen LogP contribution in [0.1, 0.15) is 0 Å². The zero-order valence-electron chi connectivity index (χ0n) is 5.64. The SMILES string of the molecule is C=CCN1C=CC=NC1S. The van der Waals surface area contributed by atoms with E-state index in [0.29, 0.717) is 0 Å². The predicted molar refractivity (Wildman–Crippen MR) is 47.3 cm³/mol. The Hall–Kier alpha value is -0.700. The van der Waals surface area contributed by atoms with Gasteiger partial charge in [0.2, 0.25) is 0 Å². The van der Waals surface area contributed by atoms with Crippen molar-refractivity contribution < 1.29 is 0 Å². The lowest BCUT2D eigenvalue weighted by Crippen LogP contribution is -2.26. The van der Waals surface area contributed by atoms with Crippen LogP contribution in [-0.2, 0) is 0 Å². The van der Waals surface area contributed by atoms with Crippen LogP contribution in [0.3, 0.4) is 0 Å². The zero-order valence-corrected chi connectivity index (χ0v) is 6.54. The number of rotatable bonds is 2. The van der Waals surface area contributed by atoms with Crippen LogP contribution in [0.2, 0.25) is 0 Å². The molecule has 0 saturated heterocycles. The van der Waals surface area contributed by atoms with Gasteiger partial charge in [-0.2, -0.15) is 0 Å². The predicted octanol–water partition coefficient (Wildman–Crippen LogP) is 1.29. The fraction of sp³-hybridized carbons (Fsp3) is 0.286. The summed E-state index contributed by atoms with van der Waals surface area (Å²) in [4.78, 5) is 6.04. The third-order valence-electron chi connectivity index (χ3n) is 1.22. The Morgan fingerprint density at radius 2 is 2.60 bits per heavy atom. The highest BCUT2D eigenvalue weighted by atomic mass is 32.1. The van der Waals surface area contributed by atoms with Crippen LogP contribution in [0.4, 0.5) is 0 Å². The summed E-state index contributed by atoms with van der Waals surface area (Å²) >= 11 is 4.22. The number of aliphatic imine (C=N–C) groups is 1. The Morgan fingerprint density at radius 1 is 1.80 bits per heavy atom. The van der Waals surface area contributed by atoms with E-state index in [0.717, 1.165) is 6.54 Å².